The number of β-amino-alcohol motifs (C(OH)–C–C–N with tert-alkyl or cyclic N) is 2. The molecule has 60 heavy (non-hydrogen) atoms. The van der Waals surface area contributed by atoms with Gasteiger partial charge in [0.2, 0.25) is 0 Å². The molecule has 0 bridgehead atoms. The molecular weight excluding hydrogens is 761 g/mol. The van der Waals surface area contributed by atoms with Gasteiger partial charge in [0.15, 0.2) is 0 Å². The van der Waals surface area contributed by atoms with E-state index in [4.69, 9.17) is 18.9 Å². The number of esters is 2. The van der Waals surface area contributed by atoms with Gasteiger partial charge in [0, 0.05) is 72.8 Å². The van der Waals surface area contributed by atoms with Gasteiger partial charge in [-0.3, -0.25) is 9.80 Å². The zero-order valence-electron chi connectivity index (χ0n) is 35.4. The van der Waals surface area contributed by atoms with E-state index in [0.717, 1.165) is 81.9 Å². The summed E-state index contributed by atoms with van der Waals surface area (Å²) in [5.41, 5.74) is 8.50. The summed E-state index contributed by atoms with van der Waals surface area (Å²) < 4.78 is 27.2. The molecule has 0 saturated carbocycles. The summed E-state index contributed by atoms with van der Waals surface area (Å²) >= 11 is 0. The lowest BCUT2D eigenvalue weighted by atomic mass is 10.1. The van der Waals surface area contributed by atoms with Crippen LogP contribution in [0.25, 0.3) is 33.2 Å². The van der Waals surface area contributed by atoms with E-state index in [2.05, 4.69) is 18.9 Å². The molecule has 12 nitrogen and oxygen atoms in total. The Labute approximate surface area is 351 Å². The molecule has 2 atom stereocenters. The summed E-state index contributed by atoms with van der Waals surface area (Å²) in [6.45, 7) is 16.1. The maximum absolute atomic E-state index is 13.1. The van der Waals surface area contributed by atoms with E-state index >= 15 is 0 Å². The molecule has 12 heteroatoms. The second-order valence-electron chi connectivity index (χ2n) is 15.6. The number of ether oxygens (including phenoxy) is 4. The molecule has 1 fully saturated rings. The van der Waals surface area contributed by atoms with Gasteiger partial charge in [-0.1, -0.05) is 35.4 Å². The first-order valence-electron chi connectivity index (χ1n) is 20.8. The first kappa shape index (κ1) is 42.5. The smallest absolute Gasteiger partial charge is 0.340 e. The number of aliphatic hydroxyl groups is 2. The van der Waals surface area contributed by atoms with Gasteiger partial charge in [0.05, 0.1) is 35.4 Å². The van der Waals surface area contributed by atoms with Crippen molar-refractivity contribution in [1.82, 2.24) is 18.9 Å². The molecule has 0 amide bonds. The van der Waals surface area contributed by atoms with Crippen molar-refractivity contribution in [2.24, 2.45) is 0 Å². The highest BCUT2D eigenvalue weighted by Crippen LogP contribution is 2.34. The van der Waals surface area contributed by atoms with Crippen molar-refractivity contribution in [1.29, 1.82) is 0 Å². The first-order chi connectivity index (χ1) is 28.9. The van der Waals surface area contributed by atoms with Gasteiger partial charge < -0.3 is 38.3 Å². The zero-order chi connectivity index (χ0) is 42.5. The maximum Gasteiger partial charge on any atom is 0.340 e. The Hall–Kier alpha value is -5.66. The summed E-state index contributed by atoms with van der Waals surface area (Å²) in [4.78, 5) is 30.7. The third-order valence-corrected chi connectivity index (χ3v) is 11.2. The van der Waals surface area contributed by atoms with Crippen molar-refractivity contribution in [3.8, 4) is 22.9 Å². The SMILES string of the molecule is CCOC(=O)c1c(C)n(-c2ccc(C)cc2)c2ccc(OC[C@@H](O)CN3CCN(C[C@@H](O)COc4ccc5c(c4)c(C(=O)OCC)c(C)n5-c4ccc(C)cc4)CC3)cc12. The van der Waals surface area contributed by atoms with Gasteiger partial charge in [-0.05, 0) is 102 Å². The lowest BCUT2D eigenvalue weighted by Gasteiger charge is -2.36. The van der Waals surface area contributed by atoms with Gasteiger partial charge in [-0.2, -0.15) is 0 Å². The number of nitrogens with zero attached hydrogens (tertiary/aromatic N) is 4. The predicted octanol–water partition coefficient (Wildman–Crippen LogP) is 6.96. The van der Waals surface area contributed by atoms with Crippen molar-refractivity contribution in [2.45, 2.75) is 53.8 Å². The number of carbonyl (C=O) groups is 2. The fourth-order valence-electron chi connectivity index (χ4n) is 8.19. The molecule has 1 saturated heterocycles. The van der Waals surface area contributed by atoms with Gasteiger partial charge in [-0.25, -0.2) is 9.59 Å². The number of hydrogen-bond donors (Lipinski definition) is 2. The maximum atomic E-state index is 13.1. The van der Waals surface area contributed by atoms with Crippen molar-refractivity contribution < 1.29 is 38.7 Å². The minimum absolute atomic E-state index is 0.0947. The Balaban J connectivity index is 0.915. The lowest BCUT2D eigenvalue weighted by molar-refractivity contribution is 0.0241. The van der Waals surface area contributed by atoms with E-state index in [1.807, 2.05) is 113 Å². The van der Waals surface area contributed by atoms with E-state index in [9.17, 15) is 19.8 Å². The summed E-state index contributed by atoms with van der Waals surface area (Å²) in [5, 5.41) is 23.4. The molecule has 2 N–H and O–H groups in total. The van der Waals surface area contributed by atoms with Crippen molar-refractivity contribution >= 4 is 33.7 Å². The van der Waals surface area contributed by atoms with E-state index in [1.165, 1.54) is 0 Å². The van der Waals surface area contributed by atoms with Crippen LogP contribution in [-0.2, 0) is 9.47 Å². The number of piperazine rings is 1. The molecule has 3 heterocycles. The van der Waals surface area contributed by atoms with Gasteiger partial charge >= 0.3 is 11.9 Å². The summed E-state index contributed by atoms with van der Waals surface area (Å²) in [6, 6.07) is 27.6. The molecule has 7 rings (SSSR count). The highest BCUT2D eigenvalue weighted by Gasteiger charge is 2.26. The third-order valence-electron chi connectivity index (χ3n) is 11.2. The van der Waals surface area contributed by atoms with Crippen molar-refractivity contribution in [3.05, 3.63) is 119 Å². The topological polar surface area (TPSA) is 128 Å². The minimum Gasteiger partial charge on any atom is -0.491 e. The predicted molar refractivity (Wildman–Crippen MR) is 233 cm³/mol. The third kappa shape index (κ3) is 9.22. The highest BCUT2D eigenvalue weighted by atomic mass is 16.5. The Bertz CT molecular complexity index is 2270. The number of benzene rings is 4. The number of aryl methyl sites for hydroxylation is 2. The largest absolute Gasteiger partial charge is 0.491 e. The normalized spacial score (nSPS) is 14.7. The Morgan fingerprint density at radius 3 is 1.28 bits per heavy atom. The van der Waals surface area contributed by atoms with Crippen LogP contribution < -0.4 is 9.47 Å². The van der Waals surface area contributed by atoms with E-state index < -0.39 is 12.2 Å². The quantitative estimate of drug-likeness (QED) is 0.0991. The first-order valence-corrected chi connectivity index (χ1v) is 20.8. The van der Waals surface area contributed by atoms with Crippen LogP contribution in [0.15, 0.2) is 84.9 Å². The minimum atomic E-state index is -0.728. The van der Waals surface area contributed by atoms with Crippen LogP contribution in [0.5, 0.6) is 11.5 Å². The number of aromatic nitrogens is 2. The molecule has 316 valence electrons. The molecule has 0 spiro atoms. The summed E-state index contributed by atoms with van der Waals surface area (Å²) in [6.07, 6.45) is -1.46. The van der Waals surface area contributed by atoms with Crippen molar-refractivity contribution in [3.63, 3.8) is 0 Å². The van der Waals surface area contributed by atoms with Crippen LogP contribution in [0.3, 0.4) is 0 Å². The summed E-state index contributed by atoms with van der Waals surface area (Å²) in [5.74, 6) is 0.352. The molecule has 4 aromatic carbocycles. The van der Waals surface area contributed by atoms with Crippen LogP contribution in [0, 0.1) is 27.7 Å². The number of hydrogen-bond acceptors (Lipinski definition) is 10. The van der Waals surface area contributed by atoms with E-state index in [-0.39, 0.29) is 38.4 Å². The number of carbonyl (C=O) groups excluding carboxylic acids is 2. The standard InChI is InChI=1S/C48H56N4O8/c1-7-57-47(55)45-33(5)51(35-13-9-31(3)10-14-35)43-19-17-39(25-41(43)45)59-29-37(53)27-49-21-23-50(24-22-49)28-38(54)30-60-40-18-20-44-42(26-40)46(48(56)58-8-2)34(6)52(44)36-15-11-32(4)12-16-36/h9-20,25-26,37-38,53-54H,7-8,21-24,27-30H2,1-6H3/t37-,38+. The number of fused-ring (bicyclic) bond motifs is 2. The van der Waals surface area contributed by atoms with Gasteiger partial charge in [0.1, 0.15) is 36.9 Å². The van der Waals surface area contributed by atoms with Crippen LogP contribution in [0.2, 0.25) is 0 Å². The van der Waals surface area contributed by atoms with Gasteiger partial charge in [-0.15, -0.1) is 0 Å². The number of rotatable bonds is 16. The molecule has 2 aromatic heterocycles. The van der Waals surface area contributed by atoms with Crippen LogP contribution >= 0.6 is 0 Å². The molecule has 0 unspecified atom stereocenters. The monoisotopic (exact) mass is 816 g/mol. The molecule has 0 aliphatic carbocycles. The second kappa shape index (κ2) is 18.7. The summed E-state index contributed by atoms with van der Waals surface area (Å²) in [7, 11) is 0. The fraction of sp³-hybridized carbons (Fsp3) is 0.375. The van der Waals surface area contributed by atoms with Crippen LogP contribution in [0.4, 0.5) is 0 Å². The highest BCUT2D eigenvalue weighted by molar-refractivity contribution is 6.08. The molecular formula is C48H56N4O8. The Morgan fingerprint density at radius 2 is 0.933 bits per heavy atom. The van der Waals surface area contributed by atoms with Gasteiger partial charge in [0.25, 0.3) is 0 Å². The molecule has 1 aliphatic heterocycles. The Kier molecular flexibility index (Phi) is 13.3. The van der Waals surface area contributed by atoms with E-state index in [1.54, 1.807) is 13.8 Å². The average molecular weight is 817 g/mol. The van der Waals surface area contributed by atoms with Crippen molar-refractivity contribution in [2.75, 3.05) is 65.7 Å². The Morgan fingerprint density at radius 1 is 0.567 bits per heavy atom. The molecule has 0 radical (unpaired) electrons. The molecule has 1 aliphatic rings. The second-order valence-corrected chi connectivity index (χ2v) is 15.6. The van der Waals surface area contributed by atoms with E-state index in [0.29, 0.717) is 35.7 Å². The fourth-order valence-corrected chi connectivity index (χ4v) is 8.19. The molecule has 6 aromatic rings. The number of aliphatic hydroxyl groups excluding tert-OH is 2. The average Bonchev–Trinajstić information content (AvgIpc) is 3.69. The lowest BCUT2D eigenvalue weighted by Crippen LogP contribution is -2.51. The zero-order valence-corrected chi connectivity index (χ0v) is 35.4. The van der Waals surface area contributed by atoms with Crippen LogP contribution in [0.1, 0.15) is 57.1 Å². The van der Waals surface area contributed by atoms with Crippen LogP contribution in [-0.4, -0.2) is 119 Å².